The Morgan fingerprint density at radius 2 is 1.43 bits per heavy atom. The summed E-state index contributed by atoms with van der Waals surface area (Å²) in [5.41, 5.74) is 3.94. The highest BCUT2D eigenvalue weighted by molar-refractivity contribution is 5.88. The van der Waals surface area contributed by atoms with E-state index < -0.39 is 18.2 Å². The maximum Gasteiger partial charge on any atom is 0.407 e. The smallest absolute Gasteiger partial charge is 0.407 e. The molecule has 1 aliphatic carbocycles. The normalized spacial score (nSPS) is 19.6. The van der Waals surface area contributed by atoms with E-state index in [1.165, 1.54) is 44.3 Å². The SMILES string of the molecule is C#C.C#C.C#C.C(#Cc1cnc[nH]1)c1ccc2cc(-c3cnc[nH]3)ccc2c1.C1CCOCC1.COC(=O)NC(C(=O)N1CCC(C)[C@H]1C)C(C)C.COC(=O)NCC(=O)N1CCC2C1[C@@H]2C. The number of imidazole rings is 2. The Bertz CT molecular complexity index is 2210. The number of hydrogen-bond donors (Lipinski definition) is 4. The van der Waals surface area contributed by atoms with Gasteiger partial charge in [0.25, 0.3) is 0 Å². The Kier molecular flexibility index (Phi) is 25.1. The second kappa shape index (κ2) is 30.1. The van der Waals surface area contributed by atoms with Crippen LogP contribution in [0.15, 0.2) is 61.4 Å². The largest absolute Gasteiger partial charge is 0.453 e. The second-order valence-electron chi connectivity index (χ2n) is 16.3. The van der Waals surface area contributed by atoms with E-state index in [0.717, 1.165) is 61.7 Å². The number of rotatable bonds is 6. The molecule has 3 saturated heterocycles. The van der Waals surface area contributed by atoms with Gasteiger partial charge in [-0.2, -0.15) is 0 Å². The molecule has 4 aliphatic rings. The van der Waals surface area contributed by atoms with Crippen molar-refractivity contribution in [1.82, 2.24) is 40.4 Å². The summed E-state index contributed by atoms with van der Waals surface area (Å²) in [5.74, 6) is 8.09. The standard InChI is InChI=1S/C18H12N4.C13H24N2O3.C10H16N2O3.C5H10O.3C2H2/c1-3-15-8-16(18-10-20-12-22-18)5-4-14(15)7-13(1)2-6-17-9-19-11-21-17;1-8(2)11(14-13(17)18-5)12(16)15-7-6-9(3)10(15)4;1-6-7-3-4-12(9(6)7)8(13)5-11-10(14)15-2;1-2-4-6-5-3-1;3*1-2/h1,3-5,7-12H,(H,19,21)(H,20,22);8-11H,6-7H2,1-5H3,(H,14,17);6-7,9H,3-5H2,1-2H3,(H,11,14);1-5H2;3*1-2H/t;9?,10-,11?;6-,7?,9?;;;;/m.11..../s1. The van der Waals surface area contributed by atoms with Gasteiger partial charge in [0, 0.05) is 49.5 Å². The summed E-state index contributed by atoms with van der Waals surface area (Å²) in [6, 6.07) is 12.7. The first-order chi connectivity index (χ1) is 32.4. The van der Waals surface area contributed by atoms with Crippen molar-refractivity contribution in [2.24, 2.45) is 23.7 Å². The monoisotopic (exact) mass is 917 g/mol. The zero-order valence-corrected chi connectivity index (χ0v) is 40.0. The number of terminal acetylenes is 3. The first kappa shape index (κ1) is 55.9. The van der Waals surface area contributed by atoms with Gasteiger partial charge in [0.15, 0.2) is 0 Å². The molecule has 4 aromatic rings. The Morgan fingerprint density at radius 3 is 1.94 bits per heavy atom. The molecular weight excluding hydrogens is 849 g/mol. The lowest BCUT2D eigenvalue weighted by Crippen LogP contribution is -2.52. The van der Waals surface area contributed by atoms with Crippen molar-refractivity contribution >= 4 is 34.8 Å². The van der Waals surface area contributed by atoms with Gasteiger partial charge in [-0.1, -0.05) is 51.8 Å². The van der Waals surface area contributed by atoms with Crippen LogP contribution in [0.2, 0.25) is 0 Å². The summed E-state index contributed by atoms with van der Waals surface area (Å²) < 4.78 is 14.0. The van der Waals surface area contributed by atoms with Crippen molar-refractivity contribution in [2.75, 3.05) is 47.1 Å². The number of likely N-dealkylation sites (tertiary alicyclic amines) is 2. The number of aromatic amines is 2. The Hall–Kier alpha value is -7.20. The van der Waals surface area contributed by atoms with Gasteiger partial charge in [0.2, 0.25) is 11.8 Å². The van der Waals surface area contributed by atoms with E-state index in [1.54, 1.807) is 18.9 Å². The molecule has 0 bridgehead atoms. The van der Waals surface area contributed by atoms with E-state index in [1.807, 2.05) is 35.9 Å². The van der Waals surface area contributed by atoms with Crippen LogP contribution in [0.5, 0.6) is 0 Å². The number of nitrogens with zero attached hydrogens (tertiary/aromatic N) is 4. The third kappa shape index (κ3) is 17.3. The lowest BCUT2D eigenvalue weighted by molar-refractivity contribution is -0.135. The van der Waals surface area contributed by atoms with Gasteiger partial charge < -0.3 is 44.6 Å². The highest BCUT2D eigenvalue weighted by Crippen LogP contribution is 2.50. The fourth-order valence-corrected chi connectivity index (χ4v) is 7.86. The van der Waals surface area contributed by atoms with Crippen LogP contribution in [0.4, 0.5) is 9.59 Å². The number of amides is 4. The molecule has 15 nitrogen and oxygen atoms in total. The molecule has 2 aromatic carbocycles. The van der Waals surface area contributed by atoms with Crippen molar-refractivity contribution in [3.8, 4) is 61.6 Å². The van der Waals surface area contributed by atoms with Crippen LogP contribution >= 0.6 is 0 Å². The van der Waals surface area contributed by atoms with Gasteiger partial charge in [0.1, 0.15) is 18.3 Å². The molecule has 4 fully saturated rings. The van der Waals surface area contributed by atoms with Crippen LogP contribution in [-0.4, -0.2) is 119 Å². The summed E-state index contributed by atoms with van der Waals surface area (Å²) in [5, 5.41) is 7.38. The number of benzene rings is 2. The molecule has 15 heteroatoms. The topological polar surface area (TPSA) is 184 Å². The highest BCUT2D eigenvalue weighted by atomic mass is 16.5. The van der Waals surface area contributed by atoms with Gasteiger partial charge >= 0.3 is 12.2 Å². The van der Waals surface area contributed by atoms with E-state index >= 15 is 0 Å². The molecule has 67 heavy (non-hydrogen) atoms. The van der Waals surface area contributed by atoms with Crippen LogP contribution in [0.1, 0.15) is 78.0 Å². The third-order valence-electron chi connectivity index (χ3n) is 11.8. The van der Waals surface area contributed by atoms with Crippen LogP contribution < -0.4 is 10.6 Å². The minimum atomic E-state index is -0.554. The van der Waals surface area contributed by atoms with Gasteiger partial charge in [-0.25, -0.2) is 19.6 Å². The number of methoxy groups -OCH3 is 2. The fourth-order valence-electron chi connectivity index (χ4n) is 7.86. The Balaban J connectivity index is 0.000000312. The van der Waals surface area contributed by atoms with E-state index in [9.17, 15) is 19.2 Å². The van der Waals surface area contributed by atoms with Crippen molar-refractivity contribution in [3.05, 3.63) is 72.7 Å². The Labute approximate surface area is 397 Å². The zero-order valence-electron chi connectivity index (χ0n) is 40.0. The number of hydrogen-bond acceptors (Lipinski definition) is 9. The van der Waals surface area contributed by atoms with Crippen molar-refractivity contribution < 1.29 is 33.4 Å². The van der Waals surface area contributed by atoms with Gasteiger partial charge in [-0.05, 0) is 97.6 Å². The molecule has 0 radical (unpaired) electrons. The molecule has 8 rings (SSSR count). The summed E-state index contributed by atoms with van der Waals surface area (Å²) in [6.45, 7) is 13.9. The van der Waals surface area contributed by atoms with Crippen LogP contribution in [0, 0.1) is 74.1 Å². The summed E-state index contributed by atoms with van der Waals surface area (Å²) in [4.78, 5) is 64.1. The number of aromatic nitrogens is 4. The number of nitrogens with one attached hydrogen (secondary N) is 4. The molecular formula is C52H68N8O7. The average molecular weight is 917 g/mol. The maximum absolute atomic E-state index is 12.5. The van der Waals surface area contributed by atoms with Crippen molar-refractivity contribution in [3.63, 3.8) is 0 Å². The fraction of sp³-hybridized carbons (Fsp3) is 0.462. The van der Waals surface area contributed by atoms with Crippen LogP contribution in [0.3, 0.4) is 0 Å². The lowest BCUT2D eigenvalue weighted by atomic mass is 10.0. The lowest BCUT2D eigenvalue weighted by Gasteiger charge is -2.30. The van der Waals surface area contributed by atoms with Crippen molar-refractivity contribution in [2.45, 2.75) is 84.8 Å². The van der Waals surface area contributed by atoms with E-state index in [4.69, 9.17) is 4.74 Å². The molecule has 4 N–H and O–H groups in total. The molecule has 2 aromatic heterocycles. The third-order valence-corrected chi connectivity index (χ3v) is 11.8. The minimum absolute atomic E-state index is 0.00255. The van der Waals surface area contributed by atoms with E-state index in [2.05, 4.69) is 142 Å². The number of alkyl carbamates (subject to hydrolysis) is 2. The number of H-pyrrole nitrogens is 2. The predicted octanol–water partition coefficient (Wildman–Crippen LogP) is 7.12. The molecule has 4 unspecified atom stereocenters. The summed E-state index contributed by atoms with van der Waals surface area (Å²) >= 11 is 0. The van der Waals surface area contributed by atoms with Gasteiger partial charge in [-0.15, -0.1) is 38.5 Å². The average Bonchev–Trinajstić information content (AvgIpc) is 4.07. The Morgan fingerprint density at radius 1 is 0.806 bits per heavy atom. The number of carbonyl (C=O) groups excluding carboxylic acids is 4. The number of ether oxygens (including phenoxy) is 3. The quantitative estimate of drug-likeness (QED) is 0.146. The predicted molar refractivity (Wildman–Crippen MR) is 263 cm³/mol. The molecule has 6 atom stereocenters. The molecule has 5 heterocycles. The maximum atomic E-state index is 12.5. The molecule has 358 valence electrons. The molecule has 3 aliphatic heterocycles. The van der Waals surface area contributed by atoms with Crippen molar-refractivity contribution in [1.29, 1.82) is 0 Å². The number of carbonyl (C=O) groups is 4. The number of piperidine rings is 1. The van der Waals surface area contributed by atoms with E-state index in [0.29, 0.717) is 23.8 Å². The summed E-state index contributed by atoms with van der Waals surface area (Å²) in [7, 11) is 2.59. The molecule has 1 saturated carbocycles. The van der Waals surface area contributed by atoms with Gasteiger partial charge in [0.05, 0.1) is 45.0 Å². The minimum Gasteiger partial charge on any atom is -0.453 e. The van der Waals surface area contributed by atoms with E-state index in [-0.39, 0.29) is 30.3 Å². The van der Waals surface area contributed by atoms with Gasteiger partial charge in [-0.3, -0.25) is 9.59 Å². The first-order valence-corrected chi connectivity index (χ1v) is 22.3. The highest BCUT2D eigenvalue weighted by Gasteiger charge is 2.55. The van der Waals surface area contributed by atoms with Crippen LogP contribution in [0.25, 0.3) is 22.0 Å². The second-order valence-corrected chi connectivity index (χ2v) is 16.3. The van der Waals surface area contributed by atoms with Crippen LogP contribution in [-0.2, 0) is 23.8 Å². The summed E-state index contributed by atoms with van der Waals surface area (Å²) in [6.07, 6.45) is 35.8. The number of fused-ring (bicyclic) bond motifs is 2. The first-order valence-electron chi connectivity index (χ1n) is 22.3. The zero-order chi connectivity index (χ0) is 49.9. The molecule has 0 spiro atoms. The molecule has 4 amide bonds.